The van der Waals surface area contributed by atoms with Crippen molar-refractivity contribution < 1.29 is 4.39 Å². The van der Waals surface area contributed by atoms with E-state index in [0.29, 0.717) is 17.0 Å². The molecule has 0 spiro atoms. The first kappa shape index (κ1) is 13.2. The number of anilines is 1. The fraction of sp³-hybridized carbons (Fsp3) is 0.143. The second-order valence-corrected chi connectivity index (χ2v) is 5.33. The van der Waals surface area contributed by atoms with Crippen LogP contribution in [0.4, 0.5) is 10.1 Å². The van der Waals surface area contributed by atoms with E-state index in [0.717, 1.165) is 16.3 Å². The summed E-state index contributed by atoms with van der Waals surface area (Å²) in [5.41, 5.74) is 7.69. The van der Waals surface area contributed by atoms with Gasteiger partial charge in [-0.05, 0) is 29.3 Å². The number of nitrogen functional groups attached to an aromatic ring is 1. The average Bonchev–Trinajstić information content (AvgIpc) is 2.34. The van der Waals surface area contributed by atoms with Crippen LogP contribution >= 0.6 is 23.4 Å². The second-order valence-electron chi connectivity index (χ2n) is 3.94. The number of halogens is 2. The van der Waals surface area contributed by atoms with E-state index in [2.05, 4.69) is 0 Å². The molecule has 2 rings (SSSR count). The Hall–Kier alpha value is -1.19. The molecule has 1 nitrogen and oxygen atoms in total. The van der Waals surface area contributed by atoms with Gasteiger partial charge in [0.2, 0.25) is 0 Å². The van der Waals surface area contributed by atoms with Crippen molar-refractivity contribution in [2.24, 2.45) is 0 Å². The highest BCUT2D eigenvalue weighted by molar-refractivity contribution is 7.97. The highest BCUT2D eigenvalue weighted by Gasteiger charge is 2.04. The zero-order valence-corrected chi connectivity index (χ0v) is 11.3. The minimum atomic E-state index is -0.248. The van der Waals surface area contributed by atoms with Gasteiger partial charge in [-0.2, -0.15) is 11.8 Å². The lowest BCUT2D eigenvalue weighted by Crippen LogP contribution is -1.92. The van der Waals surface area contributed by atoms with Gasteiger partial charge in [-0.15, -0.1) is 0 Å². The lowest BCUT2D eigenvalue weighted by Gasteiger charge is -2.06. The Kier molecular flexibility index (Phi) is 4.50. The first-order chi connectivity index (χ1) is 8.66. The van der Waals surface area contributed by atoms with Crippen LogP contribution in [0.25, 0.3) is 0 Å². The Labute approximate surface area is 115 Å². The van der Waals surface area contributed by atoms with Gasteiger partial charge in [0.05, 0.1) is 0 Å². The number of benzene rings is 2. The first-order valence-electron chi connectivity index (χ1n) is 5.52. The Morgan fingerprint density at radius 3 is 2.50 bits per heavy atom. The molecule has 0 aliphatic carbocycles. The van der Waals surface area contributed by atoms with Crippen LogP contribution < -0.4 is 5.73 Å². The minimum absolute atomic E-state index is 0.248. The van der Waals surface area contributed by atoms with Gasteiger partial charge in [-0.3, -0.25) is 0 Å². The van der Waals surface area contributed by atoms with Crippen molar-refractivity contribution in [1.82, 2.24) is 0 Å². The molecule has 0 fully saturated rings. The summed E-state index contributed by atoms with van der Waals surface area (Å²) < 4.78 is 13.5. The molecule has 18 heavy (non-hydrogen) atoms. The highest BCUT2D eigenvalue weighted by atomic mass is 35.5. The maximum Gasteiger partial charge on any atom is 0.129 e. The van der Waals surface area contributed by atoms with Gasteiger partial charge in [0.15, 0.2) is 0 Å². The van der Waals surface area contributed by atoms with Gasteiger partial charge < -0.3 is 5.73 Å². The van der Waals surface area contributed by atoms with Crippen molar-refractivity contribution in [3.8, 4) is 0 Å². The van der Waals surface area contributed by atoms with Crippen LogP contribution in [0.5, 0.6) is 0 Å². The van der Waals surface area contributed by atoms with Crippen LogP contribution in [-0.4, -0.2) is 0 Å². The molecule has 2 N–H and O–H groups in total. The molecule has 0 saturated heterocycles. The molecular formula is C14H13ClFNS. The third-order valence-corrected chi connectivity index (χ3v) is 3.95. The third-order valence-electron chi connectivity index (χ3n) is 2.55. The van der Waals surface area contributed by atoms with E-state index in [1.807, 2.05) is 24.3 Å². The van der Waals surface area contributed by atoms with Crippen LogP contribution in [0.15, 0.2) is 42.5 Å². The van der Waals surface area contributed by atoms with Crippen LogP contribution in [-0.2, 0) is 11.5 Å². The zero-order valence-electron chi connectivity index (χ0n) is 9.70. The Morgan fingerprint density at radius 2 is 1.78 bits per heavy atom. The summed E-state index contributed by atoms with van der Waals surface area (Å²) in [6, 6.07) is 12.5. The molecule has 2 aromatic rings. The maximum atomic E-state index is 13.5. The van der Waals surface area contributed by atoms with E-state index < -0.39 is 0 Å². The van der Waals surface area contributed by atoms with E-state index in [1.54, 1.807) is 23.9 Å². The number of hydrogen-bond donors (Lipinski definition) is 1. The lowest BCUT2D eigenvalue weighted by molar-refractivity contribution is 0.618. The number of nitrogens with two attached hydrogens (primary N) is 1. The van der Waals surface area contributed by atoms with Crippen LogP contribution in [0.2, 0.25) is 5.02 Å². The van der Waals surface area contributed by atoms with E-state index in [4.69, 9.17) is 17.3 Å². The summed E-state index contributed by atoms with van der Waals surface area (Å²) in [5.74, 6) is 1.13. The molecule has 94 valence electrons. The summed E-state index contributed by atoms with van der Waals surface area (Å²) in [6.45, 7) is 0. The topological polar surface area (TPSA) is 26.0 Å². The molecule has 0 bridgehead atoms. The Balaban J connectivity index is 1.95. The van der Waals surface area contributed by atoms with Crippen molar-refractivity contribution in [3.63, 3.8) is 0 Å². The van der Waals surface area contributed by atoms with Crippen LogP contribution in [0, 0.1) is 5.82 Å². The molecule has 0 aliphatic rings. The van der Waals surface area contributed by atoms with Gasteiger partial charge in [0.1, 0.15) is 5.82 Å². The van der Waals surface area contributed by atoms with Gasteiger partial charge in [0.25, 0.3) is 0 Å². The van der Waals surface area contributed by atoms with Crippen LogP contribution in [0.3, 0.4) is 0 Å². The lowest BCUT2D eigenvalue weighted by atomic mass is 10.2. The molecule has 0 aliphatic heterocycles. The fourth-order valence-corrected chi connectivity index (χ4v) is 2.88. The molecule has 0 aromatic heterocycles. The Bertz CT molecular complexity index is 545. The summed E-state index contributed by atoms with van der Waals surface area (Å²) >= 11 is 7.68. The monoisotopic (exact) mass is 281 g/mol. The van der Waals surface area contributed by atoms with E-state index >= 15 is 0 Å². The highest BCUT2D eigenvalue weighted by Crippen LogP contribution is 2.24. The molecule has 2 aromatic carbocycles. The van der Waals surface area contributed by atoms with Gasteiger partial charge >= 0.3 is 0 Å². The minimum Gasteiger partial charge on any atom is -0.399 e. The van der Waals surface area contributed by atoms with E-state index in [1.165, 1.54) is 6.07 Å². The molecule has 0 radical (unpaired) electrons. The summed E-state index contributed by atoms with van der Waals surface area (Å²) in [6.07, 6.45) is 0. The van der Waals surface area contributed by atoms with Crippen molar-refractivity contribution in [2.75, 3.05) is 5.73 Å². The molecule has 4 heteroatoms. The van der Waals surface area contributed by atoms with Gasteiger partial charge in [-0.1, -0.05) is 35.9 Å². The largest absolute Gasteiger partial charge is 0.399 e. The van der Waals surface area contributed by atoms with Crippen molar-refractivity contribution in [2.45, 2.75) is 11.5 Å². The fourth-order valence-electron chi connectivity index (χ4n) is 1.57. The number of thioether (sulfide) groups is 1. The third kappa shape index (κ3) is 3.40. The van der Waals surface area contributed by atoms with Gasteiger partial charge in [-0.25, -0.2) is 4.39 Å². The molecule has 0 saturated carbocycles. The predicted molar refractivity (Wildman–Crippen MR) is 77.3 cm³/mol. The predicted octanol–water partition coefficient (Wildman–Crippen LogP) is 4.49. The average molecular weight is 282 g/mol. The number of hydrogen-bond acceptors (Lipinski definition) is 2. The van der Waals surface area contributed by atoms with Crippen molar-refractivity contribution in [1.29, 1.82) is 0 Å². The molecule has 0 atom stereocenters. The molecule has 0 heterocycles. The van der Waals surface area contributed by atoms with Crippen molar-refractivity contribution >= 4 is 29.1 Å². The smallest absolute Gasteiger partial charge is 0.129 e. The molecule has 0 unspecified atom stereocenters. The van der Waals surface area contributed by atoms with Gasteiger partial charge in [0, 0.05) is 22.2 Å². The first-order valence-corrected chi connectivity index (χ1v) is 7.05. The second kappa shape index (κ2) is 6.12. The molecule has 0 amide bonds. The summed E-state index contributed by atoms with van der Waals surface area (Å²) in [5, 5.41) is 0.753. The number of rotatable bonds is 4. The van der Waals surface area contributed by atoms with E-state index in [9.17, 15) is 4.39 Å². The summed E-state index contributed by atoms with van der Waals surface area (Å²) in [7, 11) is 0. The molecular weight excluding hydrogens is 269 g/mol. The maximum absolute atomic E-state index is 13.5. The van der Waals surface area contributed by atoms with Crippen molar-refractivity contribution in [3.05, 3.63) is 64.4 Å². The SMILES string of the molecule is Nc1ccc(CSCc2ccccc2Cl)c(F)c1. The quantitative estimate of drug-likeness (QED) is 0.836. The Morgan fingerprint density at radius 1 is 1.06 bits per heavy atom. The van der Waals surface area contributed by atoms with Crippen LogP contribution in [0.1, 0.15) is 11.1 Å². The normalized spacial score (nSPS) is 10.6. The van der Waals surface area contributed by atoms with E-state index in [-0.39, 0.29) is 5.82 Å². The zero-order chi connectivity index (χ0) is 13.0. The summed E-state index contributed by atoms with van der Waals surface area (Å²) in [4.78, 5) is 0. The standard InChI is InChI=1S/C14H13ClFNS/c15-13-4-2-1-3-10(13)8-18-9-11-5-6-12(17)7-14(11)16/h1-7H,8-9,17H2.